The molecule has 9 heteroatoms. The number of carboxylic acids is 1. The predicted molar refractivity (Wildman–Crippen MR) is 83.1 cm³/mol. The molecule has 2 N–H and O–H groups in total. The summed E-state index contributed by atoms with van der Waals surface area (Å²) >= 11 is 0.812. The van der Waals surface area contributed by atoms with Crippen LogP contribution in [0.5, 0.6) is 0 Å². The van der Waals surface area contributed by atoms with Crippen LogP contribution in [0.4, 0.5) is 13.2 Å². The number of carboxylic acid groups (broad SMARTS) is 1. The number of aliphatic carboxylic acids is 1. The molecule has 0 saturated heterocycles. The lowest BCUT2D eigenvalue weighted by molar-refractivity contribution is -0.141. The molecule has 0 aromatic carbocycles. The van der Waals surface area contributed by atoms with Gasteiger partial charge in [0.1, 0.15) is 16.6 Å². The molecule has 1 amide bonds. The molecule has 24 heavy (non-hydrogen) atoms. The number of hydrogen-bond acceptors (Lipinski definition) is 4. The van der Waals surface area contributed by atoms with Crippen molar-refractivity contribution >= 4 is 33.4 Å². The number of aryl methyl sites for hydroxylation is 1. The van der Waals surface area contributed by atoms with Gasteiger partial charge in [0, 0.05) is 5.39 Å². The summed E-state index contributed by atoms with van der Waals surface area (Å²) < 4.78 is 38.2. The molecule has 0 aliphatic rings. The number of aromatic nitrogens is 1. The van der Waals surface area contributed by atoms with E-state index in [-0.39, 0.29) is 15.6 Å². The fourth-order valence-corrected chi connectivity index (χ4v) is 3.28. The summed E-state index contributed by atoms with van der Waals surface area (Å²) in [6, 6.07) is 1.05. The molecule has 2 rings (SSSR count). The second-order valence-electron chi connectivity index (χ2n) is 5.64. The molecule has 0 aliphatic heterocycles. The number of amides is 1. The number of pyridine rings is 1. The van der Waals surface area contributed by atoms with Gasteiger partial charge < -0.3 is 10.4 Å². The van der Waals surface area contributed by atoms with Gasteiger partial charge in [0.25, 0.3) is 5.91 Å². The van der Waals surface area contributed by atoms with E-state index in [1.807, 2.05) is 0 Å². The zero-order valence-electron chi connectivity index (χ0n) is 13.1. The number of alkyl halides is 3. The molecular weight excluding hydrogens is 345 g/mol. The highest BCUT2D eigenvalue weighted by Crippen LogP contribution is 2.34. The molecule has 0 spiro atoms. The van der Waals surface area contributed by atoms with E-state index in [9.17, 15) is 22.8 Å². The molecule has 2 aromatic rings. The molecule has 0 bridgehead atoms. The van der Waals surface area contributed by atoms with Crippen LogP contribution in [0.3, 0.4) is 0 Å². The largest absolute Gasteiger partial charge is 0.480 e. The molecule has 1 atom stereocenters. The zero-order chi connectivity index (χ0) is 18.2. The monoisotopic (exact) mass is 360 g/mol. The van der Waals surface area contributed by atoms with Crippen LogP contribution in [0.2, 0.25) is 0 Å². The molecule has 0 radical (unpaired) electrons. The van der Waals surface area contributed by atoms with Gasteiger partial charge in [-0.05, 0) is 30.5 Å². The number of nitrogens with one attached hydrogen (secondary N) is 1. The SMILES string of the molecule is Cc1c(C(=O)N[C@H](C(=O)O)C(C)C)sc2nc(C(F)(F)F)ccc12. The normalized spacial score (nSPS) is 13.3. The molecule has 0 aliphatic carbocycles. The third-order valence-corrected chi connectivity index (χ3v) is 4.72. The smallest absolute Gasteiger partial charge is 0.433 e. The van der Waals surface area contributed by atoms with E-state index >= 15 is 0 Å². The first-order valence-electron chi connectivity index (χ1n) is 7.03. The van der Waals surface area contributed by atoms with Crippen LogP contribution in [0.1, 0.15) is 34.8 Å². The van der Waals surface area contributed by atoms with Crippen LogP contribution in [0.25, 0.3) is 10.2 Å². The molecule has 0 fully saturated rings. The van der Waals surface area contributed by atoms with Gasteiger partial charge in [-0.2, -0.15) is 13.2 Å². The minimum atomic E-state index is -4.57. The number of halogens is 3. The molecule has 2 heterocycles. The number of rotatable bonds is 4. The van der Waals surface area contributed by atoms with Crippen molar-refractivity contribution in [1.29, 1.82) is 0 Å². The standard InChI is InChI=1S/C15H15F3N2O3S/c1-6(2)10(14(22)23)20-12(21)11-7(3)8-4-5-9(15(16,17)18)19-13(8)24-11/h4-6,10H,1-3H3,(H,20,21)(H,22,23)/t10-/m0/s1. The summed E-state index contributed by atoms with van der Waals surface area (Å²) in [6.07, 6.45) is -4.57. The summed E-state index contributed by atoms with van der Waals surface area (Å²) in [5, 5.41) is 12.0. The van der Waals surface area contributed by atoms with Crippen molar-refractivity contribution in [3.8, 4) is 0 Å². The maximum absolute atomic E-state index is 12.7. The number of hydrogen-bond donors (Lipinski definition) is 2. The van der Waals surface area contributed by atoms with E-state index in [1.165, 1.54) is 6.07 Å². The van der Waals surface area contributed by atoms with Crippen molar-refractivity contribution in [2.75, 3.05) is 0 Å². The molecule has 130 valence electrons. The Labute approximate surface area is 139 Å². The Morgan fingerprint density at radius 3 is 2.42 bits per heavy atom. The summed E-state index contributed by atoms with van der Waals surface area (Å²) in [4.78, 5) is 27.3. The van der Waals surface area contributed by atoms with Crippen LogP contribution in [-0.2, 0) is 11.0 Å². The molecule has 0 unspecified atom stereocenters. The Morgan fingerprint density at radius 1 is 1.29 bits per heavy atom. The minimum absolute atomic E-state index is 0.0869. The highest BCUT2D eigenvalue weighted by atomic mass is 32.1. The Morgan fingerprint density at radius 2 is 1.92 bits per heavy atom. The van der Waals surface area contributed by atoms with E-state index in [2.05, 4.69) is 10.3 Å². The van der Waals surface area contributed by atoms with Gasteiger partial charge in [0.2, 0.25) is 0 Å². The minimum Gasteiger partial charge on any atom is -0.480 e. The quantitative estimate of drug-likeness (QED) is 0.875. The fourth-order valence-electron chi connectivity index (χ4n) is 2.19. The van der Waals surface area contributed by atoms with Gasteiger partial charge in [-0.25, -0.2) is 9.78 Å². The average molecular weight is 360 g/mol. The third kappa shape index (κ3) is 3.50. The van der Waals surface area contributed by atoms with Crippen LogP contribution in [0.15, 0.2) is 12.1 Å². The van der Waals surface area contributed by atoms with Crippen molar-refractivity contribution in [3.63, 3.8) is 0 Å². The van der Waals surface area contributed by atoms with Gasteiger partial charge in [-0.3, -0.25) is 4.79 Å². The fraction of sp³-hybridized carbons (Fsp3) is 0.400. The predicted octanol–water partition coefficient (Wildman–Crippen LogP) is 3.46. The van der Waals surface area contributed by atoms with Crippen molar-refractivity contribution in [1.82, 2.24) is 10.3 Å². The van der Waals surface area contributed by atoms with Crippen LogP contribution >= 0.6 is 11.3 Å². The van der Waals surface area contributed by atoms with Gasteiger partial charge in [0.15, 0.2) is 0 Å². The summed E-state index contributed by atoms with van der Waals surface area (Å²) in [5.41, 5.74) is -0.560. The van der Waals surface area contributed by atoms with Gasteiger partial charge in [-0.1, -0.05) is 13.8 Å². The maximum atomic E-state index is 12.7. The number of nitrogens with zero attached hydrogens (tertiary/aromatic N) is 1. The zero-order valence-corrected chi connectivity index (χ0v) is 13.9. The number of carbonyl (C=O) groups is 2. The van der Waals surface area contributed by atoms with Crippen LogP contribution in [-0.4, -0.2) is 28.0 Å². The number of carbonyl (C=O) groups excluding carboxylic acids is 1. The highest BCUT2D eigenvalue weighted by molar-refractivity contribution is 7.20. The van der Waals surface area contributed by atoms with E-state index in [0.29, 0.717) is 10.9 Å². The van der Waals surface area contributed by atoms with Crippen LogP contribution in [0, 0.1) is 12.8 Å². The number of fused-ring (bicyclic) bond motifs is 1. The first-order valence-corrected chi connectivity index (χ1v) is 7.85. The first kappa shape index (κ1) is 18.2. The Kier molecular flexibility index (Phi) is 4.84. The topological polar surface area (TPSA) is 79.3 Å². The van der Waals surface area contributed by atoms with E-state index in [4.69, 9.17) is 5.11 Å². The van der Waals surface area contributed by atoms with Gasteiger partial charge in [-0.15, -0.1) is 11.3 Å². The van der Waals surface area contributed by atoms with E-state index < -0.39 is 29.8 Å². The van der Waals surface area contributed by atoms with Gasteiger partial charge >= 0.3 is 12.1 Å². The third-order valence-electron chi connectivity index (χ3n) is 3.52. The average Bonchev–Trinajstić information content (AvgIpc) is 2.79. The Bertz CT molecular complexity index is 799. The van der Waals surface area contributed by atoms with Gasteiger partial charge in [0.05, 0.1) is 4.88 Å². The molecule has 0 saturated carbocycles. The van der Waals surface area contributed by atoms with E-state index in [1.54, 1.807) is 20.8 Å². The number of thiophene rings is 1. The maximum Gasteiger partial charge on any atom is 0.433 e. The van der Waals surface area contributed by atoms with Crippen molar-refractivity contribution < 1.29 is 27.9 Å². The van der Waals surface area contributed by atoms with Crippen LogP contribution < -0.4 is 5.32 Å². The summed E-state index contributed by atoms with van der Waals surface area (Å²) in [6.45, 7) is 4.88. The first-order chi connectivity index (χ1) is 11.0. The Hall–Kier alpha value is -2.16. The van der Waals surface area contributed by atoms with E-state index in [0.717, 1.165) is 17.4 Å². The summed E-state index contributed by atoms with van der Waals surface area (Å²) in [5.74, 6) is -2.14. The molecule has 2 aromatic heterocycles. The molecular formula is C15H15F3N2O3S. The lowest BCUT2D eigenvalue weighted by atomic mass is 10.0. The second kappa shape index (κ2) is 6.39. The summed E-state index contributed by atoms with van der Waals surface area (Å²) in [7, 11) is 0. The molecule has 5 nitrogen and oxygen atoms in total. The van der Waals surface area contributed by atoms with Crippen molar-refractivity contribution in [2.45, 2.75) is 33.0 Å². The lowest BCUT2D eigenvalue weighted by Crippen LogP contribution is -2.44. The Balaban J connectivity index is 2.40. The van der Waals surface area contributed by atoms with Crippen molar-refractivity contribution in [2.24, 2.45) is 5.92 Å². The lowest BCUT2D eigenvalue weighted by Gasteiger charge is -2.17. The van der Waals surface area contributed by atoms with Crippen molar-refractivity contribution in [3.05, 3.63) is 28.3 Å². The second-order valence-corrected chi connectivity index (χ2v) is 6.64. The highest BCUT2D eigenvalue weighted by Gasteiger charge is 2.33.